The van der Waals surface area contributed by atoms with Crippen molar-refractivity contribution < 1.29 is 17.6 Å². The molecule has 1 aliphatic heterocycles. The Balaban J connectivity index is 1.36. The number of piperazine rings is 1. The van der Waals surface area contributed by atoms with Crippen molar-refractivity contribution in [3.8, 4) is 0 Å². The number of carbonyl (C=O) groups excluding carboxylic acids is 1. The van der Waals surface area contributed by atoms with Crippen molar-refractivity contribution in [1.82, 2.24) is 9.21 Å². The van der Waals surface area contributed by atoms with Gasteiger partial charge in [-0.1, -0.05) is 30.3 Å². The Hall–Kier alpha value is -2.25. The summed E-state index contributed by atoms with van der Waals surface area (Å²) >= 11 is 0. The Morgan fingerprint density at radius 3 is 2.19 bits per heavy atom. The molecule has 0 bridgehead atoms. The van der Waals surface area contributed by atoms with Gasteiger partial charge < -0.3 is 4.90 Å². The highest BCUT2D eigenvalue weighted by Crippen LogP contribution is 2.48. The van der Waals surface area contributed by atoms with Crippen LogP contribution in [-0.4, -0.2) is 49.7 Å². The third-order valence-electron chi connectivity index (χ3n) is 5.34. The molecule has 7 heteroatoms. The van der Waals surface area contributed by atoms with Crippen molar-refractivity contribution in [1.29, 1.82) is 0 Å². The van der Waals surface area contributed by atoms with Crippen molar-refractivity contribution in [3.63, 3.8) is 0 Å². The smallest absolute Gasteiger partial charge is 0.243 e. The van der Waals surface area contributed by atoms with Gasteiger partial charge in [0.2, 0.25) is 15.9 Å². The Labute approximate surface area is 158 Å². The Morgan fingerprint density at radius 2 is 1.56 bits per heavy atom. The van der Waals surface area contributed by atoms with Crippen molar-refractivity contribution >= 4 is 15.9 Å². The highest BCUT2D eigenvalue weighted by atomic mass is 32.2. The minimum atomic E-state index is -3.51. The summed E-state index contributed by atoms with van der Waals surface area (Å²) in [6.45, 7) is 1.41. The summed E-state index contributed by atoms with van der Waals surface area (Å²) in [6.07, 6.45) is 0.771. The van der Waals surface area contributed by atoms with Gasteiger partial charge in [0, 0.05) is 32.1 Å². The molecule has 0 aromatic heterocycles. The van der Waals surface area contributed by atoms with E-state index in [0.29, 0.717) is 26.2 Å². The van der Waals surface area contributed by atoms with Crippen LogP contribution in [0.3, 0.4) is 0 Å². The zero-order valence-electron chi connectivity index (χ0n) is 14.8. The number of carbonyl (C=O) groups is 1. The van der Waals surface area contributed by atoms with Gasteiger partial charge in [0.25, 0.3) is 0 Å². The second-order valence-electron chi connectivity index (χ2n) is 7.04. The van der Waals surface area contributed by atoms with Crippen LogP contribution < -0.4 is 0 Å². The van der Waals surface area contributed by atoms with E-state index in [-0.39, 0.29) is 28.5 Å². The lowest BCUT2D eigenvalue weighted by atomic mass is 10.1. The molecule has 4 rings (SSSR count). The molecule has 142 valence electrons. The third-order valence-corrected chi connectivity index (χ3v) is 7.25. The van der Waals surface area contributed by atoms with Crippen molar-refractivity contribution in [2.75, 3.05) is 26.2 Å². The molecule has 0 N–H and O–H groups in total. The van der Waals surface area contributed by atoms with Crippen LogP contribution in [0, 0.1) is 11.7 Å². The predicted octanol–water partition coefficient (Wildman–Crippen LogP) is 2.46. The van der Waals surface area contributed by atoms with Crippen LogP contribution in [-0.2, 0) is 14.8 Å². The number of hydrogen-bond acceptors (Lipinski definition) is 3. The van der Waals surface area contributed by atoms with Crippen LogP contribution in [0.4, 0.5) is 4.39 Å². The molecule has 1 saturated carbocycles. The fourth-order valence-corrected chi connectivity index (χ4v) is 5.11. The normalized spacial score (nSPS) is 23.2. The largest absolute Gasteiger partial charge is 0.340 e. The topological polar surface area (TPSA) is 57.7 Å². The van der Waals surface area contributed by atoms with Crippen molar-refractivity contribution in [2.24, 2.45) is 5.92 Å². The average Bonchev–Trinajstić information content (AvgIpc) is 3.49. The molecule has 1 heterocycles. The summed E-state index contributed by atoms with van der Waals surface area (Å²) in [5.41, 5.74) is 0.986. The van der Waals surface area contributed by atoms with Gasteiger partial charge in [0.15, 0.2) is 0 Å². The second-order valence-corrected chi connectivity index (χ2v) is 8.98. The summed E-state index contributed by atoms with van der Waals surface area (Å²) in [5.74, 6) is -0.143. The lowest BCUT2D eigenvalue weighted by Gasteiger charge is -2.34. The van der Waals surface area contributed by atoms with Crippen LogP contribution in [0.15, 0.2) is 59.5 Å². The summed E-state index contributed by atoms with van der Waals surface area (Å²) in [7, 11) is -3.51. The van der Waals surface area contributed by atoms with Crippen LogP contribution >= 0.6 is 0 Å². The van der Waals surface area contributed by atoms with Gasteiger partial charge in [0.1, 0.15) is 5.82 Å². The van der Waals surface area contributed by atoms with Crippen LogP contribution in [0.25, 0.3) is 0 Å². The molecule has 5 nitrogen and oxygen atoms in total. The molecule has 27 heavy (non-hydrogen) atoms. The number of hydrogen-bond donors (Lipinski definition) is 0. The molecule has 1 saturated heterocycles. The van der Waals surface area contributed by atoms with Gasteiger partial charge in [0.05, 0.1) is 4.90 Å². The maximum atomic E-state index is 13.0. The number of sulfonamides is 1. The lowest BCUT2D eigenvalue weighted by Crippen LogP contribution is -2.51. The number of amides is 1. The molecule has 0 radical (unpaired) electrons. The standard InChI is InChI=1S/C20H21FN2O3S/c21-16-8-6-15(7-9-16)18-14-19(18)20(24)22-10-12-23(13-11-22)27(25,26)17-4-2-1-3-5-17/h1-9,18-19H,10-14H2. The zero-order chi connectivity index (χ0) is 19.0. The van der Waals surface area contributed by atoms with Crippen molar-refractivity contribution in [2.45, 2.75) is 17.2 Å². The monoisotopic (exact) mass is 388 g/mol. The van der Waals surface area contributed by atoms with Crippen LogP contribution in [0.1, 0.15) is 17.9 Å². The maximum absolute atomic E-state index is 13.0. The first-order valence-electron chi connectivity index (χ1n) is 9.06. The van der Waals surface area contributed by atoms with E-state index in [1.54, 1.807) is 47.4 Å². The fourth-order valence-electron chi connectivity index (χ4n) is 3.67. The first-order valence-corrected chi connectivity index (χ1v) is 10.5. The summed E-state index contributed by atoms with van der Waals surface area (Å²) in [4.78, 5) is 14.8. The first-order chi connectivity index (χ1) is 13.0. The predicted molar refractivity (Wildman–Crippen MR) is 99.0 cm³/mol. The number of rotatable bonds is 4. The molecule has 2 fully saturated rings. The summed E-state index contributed by atoms with van der Waals surface area (Å²) < 4.78 is 39.8. The quantitative estimate of drug-likeness (QED) is 0.809. The third kappa shape index (κ3) is 3.61. The summed E-state index contributed by atoms with van der Waals surface area (Å²) in [6, 6.07) is 14.7. The van der Waals surface area contributed by atoms with Crippen LogP contribution in [0.2, 0.25) is 0 Å². The first kappa shape index (κ1) is 18.1. The average molecular weight is 388 g/mol. The molecule has 0 spiro atoms. The van der Waals surface area contributed by atoms with E-state index in [2.05, 4.69) is 0 Å². The molecule has 1 amide bonds. The van der Waals surface area contributed by atoms with Gasteiger partial charge in [-0.05, 0) is 42.2 Å². The highest BCUT2D eigenvalue weighted by Gasteiger charge is 2.46. The Morgan fingerprint density at radius 1 is 0.926 bits per heavy atom. The molecule has 2 aromatic rings. The van der Waals surface area contributed by atoms with Crippen molar-refractivity contribution in [3.05, 3.63) is 66.0 Å². The Kier molecular flexibility index (Phi) is 4.74. The molecular weight excluding hydrogens is 367 g/mol. The fraction of sp³-hybridized carbons (Fsp3) is 0.350. The summed E-state index contributed by atoms with van der Waals surface area (Å²) in [5, 5.41) is 0. The van der Waals surface area contributed by atoms with Gasteiger partial charge in [-0.15, -0.1) is 0 Å². The van der Waals surface area contributed by atoms with E-state index < -0.39 is 10.0 Å². The SMILES string of the molecule is O=C(C1CC1c1ccc(F)cc1)N1CCN(S(=O)(=O)c2ccccc2)CC1. The molecule has 2 aliphatic rings. The molecule has 2 atom stereocenters. The Bertz CT molecular complexity index is 923. The zero-order valence-corrected chi connectivity index (χ0v) is 15.6. The number of nitrogens with zero attached hydrogens (tertiary/aromatic N) is 2. The number of halogens is 1. The minimum absolute atomic E-state index is 0.0704. The van der Waals surface area contributed by atoms with Gasteiger partial charge in [-0.2, -0.15) is 4.31 Å². The van der Waals surface area contributed by atoms with E-state index >= 15 is 0 Å². The van der Waals surface area contributed by atoms with E-state index in [1.165, 1.54) is 16.4 Å². The lowest BCUT2D eigenvalue weighted by molar-refractivity contribution is -0.133. The molecule has 2 unspecified atom stereocenters. The van der Waals surface area contributed by atoms with Gasteiger partial charge in [-0.25, -0.2) is 12.8 Å². The number of benzene rings is 2. The van der Waals surface area contributed by atoms with E-state index in [1.807, 2.05) is 0 Å². The second kappa shape index (κ2) is 7.05. The molecular formula is C20H21FN2O3S. The maximum Gasteiger partial charge on any atom is 0.243 e. The van der Waals surface area contributed by atoms with Crippen LogP contribution in [0.5, 0.6) is 0 Å². The molecule has 2 aromatic carbocycles. The van der Waals surface area contributed by atoms with Gasteiger partial charge in [-0.3, -0.25) is 4.79 Å². The minimum Gasteiger partial charge on any atom is -0.340 e. The van der Waals surface area contributed by atoms with E-state index in [4.69, 9.17) is 0 Å². The van der Waals surface area contributed by atoms with E-state index in [0.717, 1.165) is 12.0 Å². The highest BCUT2D eigenvalue weighted by molar-refractivity contribution is 7.89. The van der Waals surface area contributed by atoms with E-state index in [9.17, 15) is 17.6 Å². The molecule has 1 aliphatic carbocycles. The van der Waals surface area contributed by atoms with Gasteiger partial charge >= 0.3 is 0 Å².